The normalized spacial score (nSPS) is 10.2. The minimum absolute atomic E-state index is 0.0592. The van der Waals surface area contributed by atoms with Crippen molar-refractivity contribution in [3.63, 3.8) is 0 Å². The third kappa shape index (κ3) is 5.29. The number of rotatable bonds is 7. The Balaban J connectivity index is 1.85. The maximum Gasteiger partial charge on any atom is 0.220 e. The van der Waals surface area contributed by atoms with E-state index in [4.69, 9.17) is 9.47 Å². The molecule has 0 aliphatic heterocycles. The zero-order chi connectivity index (χ0) is 16.7. The van der Waals surface area contributed by atoms with Gasteiger partial charge in [-0.1, -0.05) is 12.1 Å². The molecule has 0 heterocycles. The van der Waals surface area contributed by atoms with E-state index in [1.165, 1.54) is 12.1 Å². The number of carbonyl (C=O) groups excluding carboxylic acids is 1. The van der Waals surface area contributed by atoms with E-state index >= 15 is 0 Å². The van der Waals surface area contributed by atoms with Gasteiger partial charge in [-0.2, -0.15) is 0 Å². The van der Waals surface area contributed by atoms with Gasteiger partial charge < -0.3 is 14.8 Å². The van der Waals surface area contributed by atoms with Gasteiger partial charge in [0.15, 0.2) is 0 Å². The summed E-state index contributed by atoms with van der Waals surface area (Å²) in [4.78, 5) is 11.9. The molecule has 1 N–H and O–H groups in total. The van der Waals surface area contributed by atoms with Gasteiger partial charge >= 0.3 is 0 Å². The van der Waals surface area contributed by atoms with Crippen molar-refractivity contribution in [3.8, 4) is 11.5 Å². The topological polar surface area (TPSA) is 47.6 Å². The Morgan fingerprint density at radius 3 is 2.17 bits per heavy atom. The van der Waals surface area contributed by atoms with Gasteiger partial charge in [0, 0.05) is 19.0 Å². The van der Waals surface area contributed by atoms with Crippen molar-refractivity contribution in [1.29, 1.82) is 0 Å². The van der Waals surface area contributed by atoms with Crippen molar-refractivity contribution in [3.05, 3.63) is 59.4 Å². The number of carbonyl (C=O) groups is 1. The van der Waals surface area contributed by atoms with Gasteiger partial charge in [-0.15, -0.1) is 0 Å². The molecule has 4 nitrogen and oxygen atoms in total. The fourth-order valence-corrected chi connectivity index (χ4v) is 2.17. The van der Waals surface area contributed by atoms with Crippen LogP contribution in [0.2, 0.25) is 0 Å². The van der Waals surface area contributed by atoms with Crippen LogP contribution in [-0.2, 0) is 17.8 Å². The van der Waals surface area contributed by atoms with E-state index in [-0.39, 0.29) is 11.7 Å². The molecule has 0 aliphatic carbocycles. The summed E-state index contributed by atoms with van der Waals surface area (Å²) < 4.78 is 23.2. The van der Waals surface area contributed by atoms with Crippen LogP contribution in [-0.4, -0.2) is 20.1 Å². The van der Waals surface area contributed by atoms with Crippen molar-refractivity contribution >= 4 is 5.91 Å². The van der Waals surface area contributed by atoms with Crippen LogP contribution in [0.25, 0.3) is 0 Å². The molecule has 2 aromatic rings. The lowest BCUT2D eigenvalue weighted by atomic mass is 10.1. The molecular formula is C18H20FNO3. The quantitative estimate of drug-likeness (QED) is 0.853. The number of ether oxygens (including phenoxy) is 2. The third-order valence-corrected chi connectivity index (χ3v) is 3.45. The summed E-state index contributed by atoms with van der Waals surface area (Å²) in [5.74, 6) is 1.03. The summed E-state index contributed by atoms with van der Waals surface area (Å²) in [6.45, 7) is 0.399. The summed E-state index contributed by atoms with van der Waals surface area (Å²) in [6.07, 6.45) is 0.931. The largest absolute Gasteiger partial charge is 0.497 e. The third-order valence-electron chi connectivity index (χ3n) is 3.45. The number of nitrogens with one attached hydrogen (secondary N) is 1. The molecule has 0 saturated heterocycles. The molecule has 5 heteroatoms. The van der Waals surface area contributed by atoms with Crippen molar-refractivity contribution in [1.82, 2.24) is 5.32 Å². The van der Waals surface area contributed by atoms with Gasteiger partial charge in [0.05, 0.1) is 14.2 Å². The number of methoxy groups -OCH3 is 2. The Hall–Kier alpha value is -2.56. The van der Waals surface area contributed by atoms with Gasteiger partial charge in [-0.25, -0.2) is 4.39 Å². The predicted octanol–water partition coefficient (Wildman–Crippen LogP) is 3.09. The van der Waals surface area contributed by atoms with Crippen LogP contribution < -0.4 is 14.8 Å². The molecule has 0 saturated carbocycles. The second kappa shape index (κ2) is 8.17. The van der Waals surface area contributed by atoms with Gasteiger partial charge in [0.1, 0.15) is 17.3 Å². The molecule has 2 rings (SSSR count). The van der Waals surface area contributed by atoms with Crippen LogP contribution in [0.1, 0.15) is 17.5 Å². The molecule has 2 aromatic carbocycles. The van der Waals surface area contributed by atoms with E-state index in [1.54, 1.807) is 32.4 Å². The summed E-state index contributed by atoms with van der Waals surface area (Å²) in [5.41, 5.74) is 1.83. The fraction of sp³-hybridized carbons (Fsp3) is 0.278. The lowest BCUT2D eigenvalue weighted by Gasteiger charge is -2.09. The molecule has 0 spiro atoms. The Morgan fingerprint density at radius 2 is 1.61 bits per heavy atom. The molecule has 0 atom stereocenters. The lowest BCUT2D eigenvalue weighted by Crippen LogP contribution is -2.23. The average molecular weight is 317 g/mol. The zero-order valence-electron chi connectivity index (χ0n) is 13.3. The minimum Gasteiger partial charge on any atom is -0.497 e. The van der Waals surface area contributed by atoms with Gasteiger partial charge in [0.2, 0.25) is 5.91 Å². The van der Waals surface area contributed by atoms with Gasteiger partial charge in [-0.05, 0) is 41.8 Å². The van der Waals surface area contributed by atoms with Crippen molar-refractivity contribution < 1.29 is 18.7 Å². The molecule has 0 radical (unpaired) electrons. The molecule has 0 aromatic heterocycles. The smallest absolute Gasteiger partial charge is 0.220 e. The summed E-state index contributed by atoms with van der Waals surface area (Å²) >= 11 is 0. The maximum absolute atomic E-state index is 12.8. The first kappa shape index (κ1) is 16.8. The first-order valence-corrected chi connectivity index (χ1v) is 7.34. The Bertz CT molecular complexity index is 634. The average Bonchev–Trinajstić information content (AvgIpc) is 2.59. The second-order valence-electron chi connectivity index (χ2n) is 5.12. The zero-order valence-corrected chi connectivity index (χ0v) is 13.3. The number of hydrogen-bond donors (Lipinski definition) is 1. The van der Waals surface area contributed by atoms with Crippen molar-refractivity contribution in [2.45, 2.75) is 19.4 Å². The Labute approximate surface area is 135 Å². The van der Waals surface area contributed by atoms with E-state index in [9.17, 15) is 9.18 Å². The summed E-state index contributed by atoms with van der Waals surface area (Å²) in [6, 6.07) is 11.7. The van der Waals surface area contributed by atoms with Crippen molar-refractivity contribution in [2.75, 3.05) is 14.2 Å². The molecule has 0 bridgehead atoms. The van der Waals surface area contributed by atoms with E-state index < -0.39 is 0 Å². The Kier molecular flexibility index (Phi) is 5.97. The molecule has 0 unspecified atom stereocenters. The molecule has 23 heavy (non-hydrogen) atoms. The van der Waals surface area contributed by atoms with E-state index in [1.807, 2.05) is 12.1 Å². The standard InChI is InChI=1S/C18H20FNO3/c1-22-16-9-14(10-17(11-16)23-2)12-20-18(21)8-5-13-3-6-15(19)7-4-13/h3-4,6-7,9-11H,5,8,12H2,1-2H3,(H,20,21). The predicted molar refractivity (Wildman–Crippen MR) is 86.1 cm³/mol. The van der Waals surface area contributed by atoms with Crippen LogP contribution >= 0.6 is 0 Å². The molecule has 122 valence electrons. The number of amides is 1. The molecule has 0 fully saturated rings. The van der Waals surface area contributed by atoms with Crippen LogP contribution in [0.3, 0.4) is 0 Å². The SMILES string of the molecule is COc1cc(CNC(=O)CCc2ccc(F)cc2)cc(OC)c1. The van der Waals surface area contributed by atoms with Crippen LogP contribution in [0.5, 0.6) is 11.5 Å². The van der Waals surface area contributed by atoms with Crippen LogP contribution in [0.4, 0.5) is 4.39 Å². The minimum atomic E-state index is -0.273. The number of benzene rings is 2. The maximum atomic E-state index is 12.8. The van der Waals surface area contributed by atoms with Gasteiger partial charge in [0.25, 0.3) is 0 Å². The highest BCUT2D eigenvalue weighted by Gasteiger charge is 2.05. The van der Waals surface area contributed by atoms with E-state index in [2.05, 4.69) is 5.32 Å². The summed E-state index contributed by atoms with van der Waals surface area (Å²) in [5, 5.41) is 2.86. The number of halogens is 1. The van der Waals surface area contributed by atoms with Crippen LogP contribution in [0.15, 0.2) is 42.5 Å². The van der Waals surface area contributed by atoms with Crippen LogP contribution in [0, 0.1) is 5.82 Å². The number of hydrogen-bond acceptors (Lipinski definition) is 3. The highest BCUT2D eigenvalue weighted by atomic mass is 19.1. The first-order valence-electron chi connectivity index (χ1n) is 7.34. The molecular weight excluding hydrogens is 297 g/mol. The number of aryl methyl sites for hydroxylation is 1. The van der Waals surface area contributed by atoms with E-state index in [0.717, 1.165) is 11.1 Å². The monoisotopic (exact) mass is 317 g/mol. The van der Waals surface area contributed by atoms with E-state index in [0.29, 0.717) is 30.9 Å². The summed E-state index contributed by atoms with van der Waals surface area (Å²) in [7, 11) is 3.17. The van der Waals surface area contributed by atoms with Crippen molar-refractivity contribution in [2.24, 2.45) is 0 Å². The lowest BCUT2D eigenvalue weighted by molar-refractivity contribution is -0.121. The molecule has 1 amide bonds. The van der Waals surface area contributed by atoms with Gasteiger partial charge in [-0.3, -0.25) is 4.79 Å². The Morgan fingerprint density at radius 1 is 1.00 bits per heavy atom. The highest BCUT2D eigenvalue weighted by molar-refractivity contribution is 5.76. The molecule has 0 aliphatic rings. The first-order chi connectivity index (χ1) is 11.1. The second-order valence-corrected chi connectivity index (χ2v) is 5.12. The fourth-order valence-electron chi connectivity index (χ4n) is 2.17. The highest BCUT2D eigenvalue weighted by Crippen LogP contribution is 2.22.